The zero-order chi connectivity index (χ0) is 28.4. The number of rotatable bonds is 13. The van der Waals surface area contributed by atoms with Crippen LogP contribution in [0.4, 0.5) is 0 Å². The van der Waals surface area contributed by atoms with E-state index >= 15 is 0 Å². The highest BCUT2D eigenvalue weighted by Gasteiger charge is 2.40. The molecule has 1 saturated heterocycles. The van der Waals surface area contributed by atoms with Crippen molar-refractivity contribution in [3.05, 3.63) is 78.9 Å². The number of H-pyrrole nitrogens is 1. The molecule has 1 aliphatic rings. The van der Waals surface area contributed by atoms with Crippen LogP contribution < -0.4 is 16.3 Å². The highest BCUT2D eigenvalue weighted by Crippen LogP contribution is 2.46. The summed E-state index contributed by atoms with van der Waals surface area (Å²) in [7, 11) is -3.07. The fourth-order valence-corrected chi connectivity index (χ4v) is 5.36. The smallest absolute Gasteiger partial charge is 0.406 e. The summed E-state index contributed by atoms with van der Waals surface area (Å²) in [6.45, 7) is 0.830. The molecule has 2 heterocycles. The summed E-state index contributed by atoms with van der Waals surface area (Å²) >= 11 is 0. The van der Waals surface area contributed by atoms with Gasteiger partial charge in [-0.2, -0.15) is 5.26 Å². The normalized spacial score (nSPS) is 20.8. The van der Waals surface area contributed by atoms with Crippen LogP contribution in [0.5, 0.6) is 0 Å². The fraction of sp³-hybridized carbons (Fsp3) is 0.478. The third-order valence-electron chi connectivity index (χ3n) is 5.83. The third-order valence-corrected chi connectivity index (χ3v) is 7.47. The zero-order valence-corrected chi connectivity index (χ0v) is 22.2. The molecule has 15 nitrogen and oxygen atoms in total. The highest BCUT2D eigenvalue weighted by molar-refractivity contribution is 7.51. The predicted molar refractivity (Wildman–Crippen MR) is 136 cm³/mol. The van der Waals surface area contributed by atoms with Gasteiger partial charge in [0, 0.05) is 23.1 Å². The highest BCUT2D eigenvalue weighted by atomic mass is 31.2. The quantitative estimate of drug-likeness (QED) is 0.0909. The van der Waals surface area contributed by atoms with Crippen LogP contribution in [-0.2, 0) is 34.3 Å². The number of hydrogen-bond donors (Lipinski definition) is 2. The maximum atomic E-state index is 13.7. The van der Waals surface area contributed by atoms with Gasteiger partial charge in [-0.15, -0.1) is 0 Å². The van der Waals surface area contributed by atoms with Gasteiger partial charge in [0.15, 0.2) is 0 Å². The Kier molecular flexibility index (Phi) is 10.6. The fourth-order valence-electron chi connectivity index (χ4n) is 3.88. The van der Waals surface area contributed by atoms with Gasteiger partial charge < -0.3 is 9.47 Å². The molecule has 0 spiro atoms. The SMILES string of the molecule is COC(=O)[C@H](Cc1ccccc1)NP(=O)(OCCC#N)OCC1OC(n2cc(C)c(=O)[nH]c2=O)CC1N=[N+]=[N-]. The summed E-state index contributed by atoms with van der Waals surface area (Å²) in [4.78, 5) is 41.6. The molecule has 0 aliphatic carbocycles. The zero-order valence-electron chi connectivity index (χ0n) is 21.3. The number of ether oxygens (including phenoxy) is 2. The molecule has 3 rings (SSSR count). The van der Waals surface area contributed by atoms with Gasteiger partial charge in [0.1, 0.15) is 12.3 Å². The van der Waals surface area contributed by atoms with Crippen molar-refractivity contribution in [2.45, 2.75) is 50.6 Å². The first-order chi connectivity index (χ1) is 18.7. The molecule has 0 radical (unpaired) electrons. The average molecular weight is 561 g/mol. The van der Waals surface area contributed by atoms with Crippen molar-refractivity contribution in [3.63, 3.8) is 0 Å². The lowest BCUT2D eigenvalue weighted by Crippen LogP contribution is -2.39. The molecule has 4 unspecified atom stereocenters. The van der Waals surface area contributed by atoms with Crippen LogP contribution in [0, 0.1) is 18.3 Å². The van der Waals surface area contributed by atoms with Crippen LogP contribution in [0.25, 0.3) is 10.4 Å². The number of nitrogens with one attached hydrogen (secondary N) is 2. The molecule has 1 fully saturated rings. The third kappa shape index (κ3) is 8.11. The number of azide groups is 1. The number of nitrogens with zero attached hydrogens (tertiary/aromatic N) is 5. The largest absolute Gasteiger partial charge is 0.468 e. The van der Waals surface area contributed by atoms with Gasteiger partial charge in [0.25, 0.3) is 5.56 Å². The van der Waals surface area contributed by atoms with Crippen LogP contribution in [0.1, 0.15) is 30.2 Å². The number of carbonyl (C=O) groups is 1. The minimum Gasteiger partial charge on any atom is -0.468 e. The van der Waals surface area contributed by atoms with Crippen molar-refractivity contribution in [3.8, 4) is 6.07 Å². The van der Waals surface area contributed by atoms with Gasteiger partial charge in [-0.1, -0.05) is 35.4 Å². The number of methoxy groups -OCH3 is 1. The summed E-state index contributed by atoms with van der Waals surface area (Å²) in [6.07, 6.45) is -0.496. The van der Waals surface area contributed by atoms with Crippen molar-refractivity contribution < 1.29 is 27.9 Å². The Morgan fingerprint density at radius 3 is 2.79 bits per heavy atom. The summed E-state index contributed by atoms with van der Waals surface area (Å²) in [5.74, 6) is -0.719. The molecular formula is C23H28N7O8P. The summed E-state index contributed by atoms with van der Waals surface area (Å²) in [5, 5.41) is 15.2. The first-order valence-corrected chi connectivity index (χ1v) is 13.4. The molecular weight excluding hydrogens is 533 g/mol. The topological polar surface area (TPSA) is 210 Å². The molecule has 0 amide bonds. The Morgan fingerprint density at radius 2 is 2.13 bits per heavy atom. The average Bonchev–Trinajstić information content (AvgIpc) is 3.32. The minimum atomic E-state index is -4.26. The number of carbonyl (C=O) groups excluding carboxylic acids is 1. The van der Waals surface area contributed by atoms with E-state index in [0.29, 0.717) is 0 Å². The van der Waals surface area contributed by atoms with Crippen molar-refractivity contribution in [2.24, 2.45) is 5.11 Å². The standard InChI is InChI=1S/C23H28N7O8P/c1-15-13-30(23(33)26-21(15)31)20-12-17(27-29-25)19(38-20)14-37-39(34,36-10-6-9-24)28-18(22(32)35-2)11-16-7-4-3-5-8-16/h3-5,7-8,13,17-20H,6,10-12,14H2,1-2H3,(H,28,34)(H,26,31,33)/t17?,18-,19?,20?,39?/m0/s1. The first-order valence-electron chi connectivity index (χ1n) is 11.9. The molecule has 1 aromatic heterocycles. The lowest BCUT2D eigenvalue weighted by Gasteiger charge is -2.25. The predicted octanol–water partition coefficient (Wildman–Crippen LogP) is 2.24. The van der Waals surface area contributed by atoms with Crippen LogP contribution in [-0.4, -0.2) is 54.0 Å². The van der Waals surface area contributed by atoms with Gasteiger partial charge in [0.2, 0.25) is 0 Å². The monoisotopic (exact) mass is 561 g/mol. The van der Waals surface area contributed by atoms with Crippen molar-refractivity contribution in [1.29, 1.82) is 5.26 Å². The molecule has 5 atom stereocenters. The van der Waals surface area contributed by atoms with Crippen molar-refractivity contribution in [1.82, 2.24) is 14.6 Å². The number of aromatic nitrogens is 2. The summed E-state index contributed by atoms with van der Waals surface area (Å²) in [6, 6.07) is 8.83. The molecule has 2 N–H and O–H groups in total. The number of aryl methyl sites for hydroxylation is 1. The van der Waals surface area contributed by atoms with Crippen LogP contribution >= 0.6 is 7.75 Å². The second-order valence-corrected chi connectivity index (χ2v) is 10.3. The van der Waals surface area contributed by atoms with Crippen LogP contribution in [0.3, 0.4) is 0 Å². The van der Waals surface area contributed by atoms with E-state index in [1.165, 1.54) is 20.2 Å². The maximum Gasteiger partial charge on any atom is 0.406 e. The lowest BCUT2D eigenvalue weighted by molar-refractivity contribution is -0.142. The van der Waals surface area contributed by atoms with Crippen molar-refractivity contribution >= 4 is 13.7 Å². The van der Waals surface area contributed by atoms with E-state index in [1.807, 2.05) is 6.07 Å². The van der Waals surface area contributed by atoms with E-state index in [1.54, 1.807) is 30.3 Å². The molecule has 1 aliphatic heterocycles. The first kappa shape index (κ1) is 29.8. The number of benzene rings is 1. The number of hydrogen-bond acceptors (Lipinski definition) is 10. The van der Waals surface area contributed by atoms with Crippen molar-refractivity contribution in [2.75, 3.05) is 20.3 Å². The van der Waals surface area contributed by atoms with Crippen LogP contribution in [0.2, 0.25) is 0 Å². The number of aromatic amines is 1. The second kappa shape index (κ2) is 13.9. The van der Waals surface area contributed by atoms with E-state index in [9.17, 15) is 18.9 Å². The molecule has 1 aromatic carbocycles. The van der Waals surface area contributed by atoms with E-state index in [0.717, 1.165) is 10.1 Å². The Morgan fingerprint density at radius 1 is 1.38 bits per heavy atom. The Balaban J connectivity index is 1.81. The molecule has 16 heteroatoms. The van der Waals surface area contributed by atoms with Gasteiger partial charge in [-0.05, 0) is 24.4 Å². The minimum absolute atomic E-state index is 0.0648. The summed E-state index contributed by atoms with van der Waals surface area (Å²) < 4.78 is 36.6. The molecule has 2 aromatic rings. The van der Waals surface area contributed by atoms with Crippen LogP contribution in [0.15, 0.2) is 51.2 Å². The van der Waals surface area contributed by atoms with E-state index in [-0.39, 0.29) is 31.4 Å². The molecule has 0 saturated carbocycles. The number of nitriles is 1. The lowest BCUT2D eigenvalue weighted by atomic mass is 10.1. The maximum absolute atomic E-state index is 13.7. The van der Waals surface area contributed by atoms with E-state index in [2.05, 4.69) is 20.1 Å². The van der Waals surface area contributed by atoms with Gasteiger partial charge in [-0.3, -0.25) is 28.2 Å². The van der Waals surface area contributed by atoms with E-state index in [4.69, 9.17) is 29.3 Å². The van der Waals surface area contributed by atoms with Gasteiger partial charge in [-0.25, -0.2) is 14.4 Å². The Labute approximate surface area is 222 Å². The molecule has 39 heavy (non-hydrogen) atoms. The van der Waals surface area contributed by atoms with Gasteiger partial charge >= 0.3 is 19.4 Å². The van der Waals surface area contributed by atoms with Gasteiger partial charge in [0.05, 0.1) is 45.0 Å². The number of esters is 1. The molecule has 208 valence electrons. The molecule has 0 bridgehead atoms. The Hall–Kier alpha value is -3.76. The Bertz CT molecular complexity index is 1400. The summed E-state index contributed by atoms with van der Waals surface area (Å²) in [5.41, 5.74) is 8.78. The van der Waals surface area contributed by atoms with E-state index < -0.39 is 56.0 Å². The second-order valence-electron chi connectivity index (χ2n) is 8.54.